The highest BCUT2D eigenvalue weighted by atomic mass is 19.3. The molecule has 0 aliphatic rings. The number of hydrogen-bond donors (Lipinski definition) is 1. The van der Waals surface area contributed by atoms with Gasteiger partial charge in [0.25, 0.3) is 0 Å². The van der Waals surface area contributed by atoms with Gasteiger partial charge in [0, 0.05) is 11.8 Å². The lowest BCUT2D eigenvalue weighted by Crippen LogP contribution is -2.34. The molecule has 0 aliphatic carbocycles. The molecule has 0 aliphatic heterocycles. The third-order valence-corrected chi connectivity index (χ3v) is 1.99. The molecule has 0 aromatic carbocycles. The third kappa shape index (κ3) is 3.55. The number of nitrogens with zero attached hydrogens (tertiary/aromatic N) is 1. The summed E-state index contributed by atoms with van der Waals surface area (Å²) in [6.45, 7) is -0.166. The van der Waals surface area contributed by atoms with Crippen molar-refractivity contribution in [3.63, 3.8) is 0 Å². The van der Waals surface area contributed by atoms with Crippen molar-refractivity contribution in [1.29, 1.82) is 0 Å². The Morgan fingerprint density at radius 2 is 2.12 bits per heavy atom. The highest BCUT2D eigenvalue weighted by Crippen LogP contribution is 2.24. The van der Waals surface area contributed by atoms with Gasteiger partial charge in [-0.3, -0.25) is 0 Å². The van der Waals surface area contributed by atoms with Crippen LogP contribution in [0.5, 0.6) is 5.88 Å². The van der Waals surface area contributed by atoms with Gasteiger partial charge in [-0.2, -0.15) is 8.78 Å². The van der Waals surface area contributed by atoms with Crippen LogP contribution in [0, 0.1) is 6.92 Å². The highest BCUT2D eigenvalue weighted by molar-refractivity contribution is 5.28. The zero-order valence-electron chi connectivity index (χ0n) is 8.96. The summed E-state index contributed by atoms with van der Waals surface area (Å²) in [6.07, 6.45) is -2.55. The van der Waals surface area contributed by atoms with Gasteiger partial charge in [-0.05, 0) is 18.6 Å². The number of aliphatic hydroxyl groups is 1. The zero-order valence-corrected chi connectivity index (χ0v) is 8.96. The van der Waals surface area contributed by atoms with Crippen molar-refractivity contribution in [1.82, 2.24) is 4.98 Å². The molecule has 0 radical (unpaired) electrons. The maximum Gasteiger partial charge on any atom is 0.340 e. The summed E-state index contributed by atoms with van der Waals surface area (Å²) in [5.41, 5.74) is 0.872. The summed E-state index contributed by atoms with van der Waals surface area (Å²) in [6, 6.07) is 1.48. The summed E-state index contributed by atoms with van der Waals surface area (Å²) in [4.78, 5) is 3.65. The molecule has 0 unspecified atom stereocenters. The van der Waals surface area contributed by atoms with Crippen LogP contribution in [0.1, 0.15) is 11.1 Å². The van der Waals surface area contributed by atoms with Gasteiger partial charge < -0.3 is 9.84 Å². The number of halogens is 4. The predicted octanol–water partition coefficient (Wildman–Crippen LogP) is 2.16. The van der Waals surface area contributed by atoms with Gasteiger partial charge in [0.05, 0.1) is 6.61 Å². The fourth-order valence-electron chi connectivity index (χ4n) is 1.09. The molecule has 0 atom stereocenters. The van der Waals surface area contributed by atoms with E-state index in [2.05, 4.69) is 9.72 Å². The van der Waals surface area contributed by atoms with Gasteiger partial charge in [-0.1, -0.05) is 0 Å². The Balaban J connectivity index is 2.70. The Hall–Kier alpha value is -1.37. The molecule has 0 amide bonds. The van der Waals surface area contributed by atoms with E-state index in [9.17, 15) is 17.6 Å². The molecule has 1 aromatic heterocycles. The first-order valence-electron chi connectivity index (χ1n) is 4.72. The Labute approximate surface area is 95.0 Å². The minimum Gasteiger partial charge on any atom is -0.471 e. The molecule has 0 saturated carbocycles. The molecule has 0 spiro atoms. The Kier molecular flexibility index (Phi) is 4.28. The van der Waals surface area contributed by atoms with Crippen LogP contribution in [0.2, 0.25) is 0 Å². The van der Waals surface area contributed by atoms with E-state index >= 15 is 0 Å². The Morgan fingerprint density at radius 3 is 2.59 bits per heavy atom. The van der Waals surface area contributed by atoms with Crippen LogP contribution in [0.15, 0.2) is 12.3 Å². The summed E-state index contributed by atoms with van der Waals surface area (Å²) in [7, 11) is 0. The fourth-order valence-corrected chi connectivity index (χ4v) is 1.09. The van der Waals surface area contributed by atoms with Crippen molar-refractivity contribution in [2.24, 2.45) is 0 Å². The van der Waals surface area contributed by atoms with E-state index in [0.717, 1.165) is 0 Å². The molecule has 0 fully saturated rings. The second kappa shape index (κ2) is 5.31. The normalized spacial score (nSPS) is 11.9. The van der Waals surface area contributed by atoms with E-state index in [0.29, 0.717) is 11.1 Å². The standard InChI is InChI=1S/C10H11F4NO2/c1-6-2-7(4-16)3-15-8(6)17-5-10(13,14)9(11)12/h2-3,9,16H,4-5H2,1H3. The van der Waals surface area contributed by atoms with Crippen molar-refractivity contribution < 1.29 is 27.4 Å². The molecular weight excluding hydrogens is 242 g/mol. The number of aromatic nitrogens is 1. The smallest absolute Gasteiger partial charge is 0.340 e. The van der Waals surface area contributed by atoms with Gasteiger partial charge in [0.1, 0.15) is 0 Å². The molecule has 0 bridgehead atoms. The average molecular weight is 253 g/mol. The van der Waals surface area contributed by atoms with Crippen LogP contribution in [0.4, 0.5) is 17.6 Å². The number of hydrogen-bond acceptors (Lipinski definition) is 3. The molecule has 1 rings (SSSR count). The number of aryl methyl sites for hydroxylation is 1. The summed E-state index contributed by atoms with van der Waals surface area (Å²) < 4.78 is 53.4. The van der Waals surface area contributed by atoms with E-state index in [1.54, 1.807) is 0 Å². The molecule has 0 saturated heterocycles. The molecule has 3 nitrogen and oxygen atoms in total. The summed E-state index contributed by atoms with van der Waals surface area (Å²) >= 11 is 0. The topological polar surface area (TPSA) is 42.4 Å². The average Bonchev–Trinajstić information content (AvgIpc) is 2.27. The van der Waals surface area contributed by atoms with Gasteiger partial charge in [-0.15, -0.1) is 0 Å². The number of alkyl halides is 4. The van der Waals surface area contributed by atoms with E-state index in [-0.39, 0.29) is 12.5 Å². The first kappa shape index (κ1) is 13.7. The van der Waals surface area contributed by atoms with Crippen LogP contribution < -0.4 is 4.74 Å². The van der Waals surface area contributed by atoms with E-state index < -0.39 is 19.0 Å². The van der Waals surface area contributed by atoms with Gasteiger partial charge in [0.2, 0.25) is 5.88 Å². The molecule has 17 heavy (non-hydrogen) atoms. The second-order valence-electron chi connectivity index (χ2n) is 3.47. The van der Waals surface area contributed by atoms with Crippen LogP contribution >= 0.6 is 0 Å². The van der Waals surface area contributed by atoms with Crippen LogP contribution in [-0.2, 0) is 6.61 Å². The Bertz CT molecular complexity index is 385. The molecular formula is C10H11F4NO2. The fraction of sp³-hybridized carbons (Fsp3) is 0.500. The summed E-state index contributed by atoms with van der Waals surface area (Å²) in [5.74, 6) is -4.36. The van der Waals surface area contributed by atoms with E-state index in [4.69, 9.17) is 5.11 Å². The molecule has 1 aromatic rings. The summed E-state index contributed by atoms with van der Waals surface area (Å²) in [5, 5.41) is 8.78. The van der Waals surface area contributed by atoms with Crippen molar-refractivity contribution in [3.8, 4) is 5.88 Å². The second-order valence-corrected chi connectivity index (χ2v) is 3.47. The maximum atomic E-state index is 12.6. The minimum atomic E-state index is -4.20. The van der Waals surface area contributed by atoms with Crippen molar-refractivity contribution in [2.75, 3.05) is 6.61 Å². The van der Waals surface area contributed by atoms with E-state index in [1.165, 1.54) is 19.2 Å². The van der Waals surface area contributed by atoms with Crippen LogP contribution in [0.3, 0.4) is 0 Å². The highest BCUT2D eigenvalue weighted by Gasteiger charge is 2.41. The van der Waals surface area contributed by atoms with E-state index in [1.807, 2.05) is 0 Å². The monoisotopic (exact) mass is 253 g/mol. The molecule has 1 heterocycles. The molecule has 96 valence electrons. The number of pyridine rings is 1. The molecule has 1 N–H and O–H groups in total. The van der Waals surface area contributed by atoms with Crippen molar-refractivity contribution >= 4 is 0 Å². The number of aliphatic hydroxyl groups excluding tert-OH is 1. The molecule has 7 heteroatoms. The Morgan fingerprint density at radius 1 is 1.47 bits per heavy atom. The van der Waals surface area contributed by atoms with Gasteiger partial charge in [-0.25, -0.2) is 13.8 Å². The van der Waals surface area contributed by atoms with Crippen LogP contribution in [0.25, 0.3) is 0 Å². The first-order chi connectivity index (χ1) is 7.86. The lowest BCUT2D eigenvalue weighted by molar-refractivity contribution is -0.148. The lowest BCUT2D eigenvalue weighted by Gasteiger charge is -2.16. The number of rotatable bonds is 5. The SMILES string of the molecule is Cc1cc(CO)cnc1OCC(F)(F)C(F)F. The lowest BCUT2D eigenvalue weighted by atomic mass is 10.2. The van der Waals surface area contributed by atoms with Crippen molar-refractivity contribution in [3.05, 3.63) is 23.4 Å². The first-order valence-corrected chi connectivity index (χ1v) is 4.72. The zero-order chi connectivity index (χ0) is 13.1. The minimum absolute atomic E-state index is 0.150. The number of ether oxygens (including phenoxy) is 1. The third-order valence-electron chi connectivity index (χ3n) is 1.99. The van der Waals surface area contributed by atoms with Crippen molar-refractivity contribution in [2.45, 2.75) is 25.9 Å². The quantitative estimate of drug-likeness (QED) is 0.818. The van der Waals surface area contributed by atoms with Gasteiger partial charge in [0.15, 0.2) is 6.61 Å². The predicted molar refractivity (Wildman–Crippen MR) is 51.3 cm³/mol. The van der Waals surface area contributed by atoms with Crippen LogP contribution in [-0.4, -0.2) is 29.0 Å². The van der Waals surface area contributed by atoms with Gasteiger partial charge >= 0.3 is 12.3 Å². The largest absolute Gasteiger partial charge is 0.471 e. The maximum absolute atomic E-state index is 12.6.